The number of amides is 2. The van der Waals surface area contributed by atoms with Crippen LogP contribution in [0.25, 0.3) is 0 Å². The number of rotatable bonds is 5. The molecule has 0 spiro atoms. The quantitative estimate of drug-likeness (QED) is 0.345. The van der Waals surface area contributed by atoms with Gasteiger partial charge in [-0.05, 0) is 66.3 Å². The van der Waals surface area contributed by atoms with Crippen molar-refractivity contribution in [3.05, 3.63) is 136 Å². The number of imide groups is 1. The maximum Gasteiger partial charge on any atom is 0.265 e. The second-order valence-corrected chi connectivity index (χ2v) is 9.25. The molecule has 0 atom stereocenters. The highest BCUT2D eigenvalue weighted by atomic mass is 16.2. The van der Waals surface area contributed by atoms with Crippen LogP contribution < -0.4 is 4.90 Å². The zero-order valence-corrected chi connectivity index (χ0v) is 20.3. The standard InChI is InChI=1S/C32H23N3O2/c1-22-10-2-9-17-29(22)35-30(36)27-15-7-8-16-28(27)32(31(35)37,18-23-11-3-5-13-25(23)20-33)19-24-12-4-6-14-26(24)21-34/h2-17H,18-19H2,1H3. The Balaban J connectivity index is 1.82. The van der Waals surface area contributed by atoms with Crippen molar-refractivity contribution in [3.8, 4) is 12.1 Å². The lowest BCUT2D eigenvalue weighted by atomic mass is 9.66. The SMILES string of the molecule is Cc1ccccc1N1C(=O)c2ccccc2C(Cc2ccccc2C#N)(Cc2ccccc2C#N)C1=O. The van der Waals surface area contributed by atoms with Crippen LogP contribution in [0.4, 0.5) is 5.69 Å². The Morgan fingerprint density at radius 3 is 1.81 bits per heavy atom. The van der Waals surface area contributed by atoms with Crippen LogP contribution in [0.5, 0.6) is 0 Å². The van der Waals surface area contributed by atoms with Crippen molar-refractivity contribution < 1.29 is 9.59 Å². The average Bonchev–Trinajstić information content (AvgIpc) is 2.93. The number of benzene rings is 4. The van der Waals surface area contributed by atoms with E-state index >= 15 is 0 Å². The second kappa shape index (κ2) is 9.57. The molecule has 1 aliphatic heterocycles. The van der Waals surface area contributed by atoms with Gasteiger partial charge in [0.25, 0.3) is 5.91 Å². The van der Waals surface area contributed by atoms with Gasteiger partial charge in [0.1, 0.15) is 0 Å². The third kappa shape index (κ3) is 3.97. The van der Waals surface area contributed by atoms with Crippen LogP contribution in [-0.2, 0) is 23.1 Å². The number of para-hydroxylation sites is 1. The summed E-state index contributed by atoms with van der Waals surface area (Å²) in [6, 6.07) is 33.4. The Bertz CT molecular complexity index is 1560. The molecular weight excluding hydrogens is 458 g/mol. The fourth-order valence-corrected chi connectivity index (χ4v) is 5.28. The Morgan fingerprint density at radius 2 is 1.22 bits per heavy atom. The Kier molecular flexibility index (Phi) is 6.14. The molecule has 0 radical (unpaired) electrons. The molecule has 0 saturated heterocycles. The van der Waals surface area contributed by atoms with Gasteiger partial charge in [-0.25, -0.2) is 4.90 Å². The van der Waals surface area contributed by atoms with E-state index in [1.165, 1.54) is 4.90 Å². The van der Waals surface area contributed by atoms with Crippen LogP contribution in [0, 0.1) is 29.6 Å². The van der Waals surface area contributed by atoms with Crippen molar-refractivity contribution in [2.45, 2.75) is 25.2 Å². The minimum absolute atomic E-state index is 0.196. The summed E-state index contributed by atoms with van der Waals surface area (Å²) in [4.78, 5) is 29.8. The van der Waals surface area contributed by atoms with E-state index in [0.29, 0.717) is 39.1 Å². The highest BCUT2D eigenvalue weighted by molar-refractivity contribution is 6.27. The molecule has 0 aliphatic carbocycles. The zero-order valence-electron chi connectivity index (χ0n) is 20.3. The maximum atomic E-state index is 14.7. The Labute approximate surface area is 215 Å². The topological polar surface area (TPSA) is 85.0 Å². The molecule has 0 fully saturated rings. The number of hydrogen-bond donors (Lipinski definition) is 0. The van der Waals surface area contributed by atoms with E-state index in [4.69, 9.17) is 0 Å². The molecule has 5 rings (SSSR count). The number of anilines is 1. The fourth-order valence-electron chi connectivity index (χ4n) is 5.28. The maximum absolute atomic E-state index is 14.7. The van der Waals surface area contributed by atoms with Gasteiger partial charge in [-0.15, -0.1) is 0 Å². The molecule has 1 heterocycles. The lowest BCUT2D eigenvalue weighted by Gasteiger charge is -2.43. The molecule has 37 heavy (non-hydrogen) atoms. The molecule has 0 aromatic heterocycles. The molecule has 2 amide bonds. The van der Waals surface area contributed by atoms with Crippen molar-refractivity contribution in [2.75, 3.05) is 4.90 Å². The minimum atomic E-state index is -1.23. The smallest absolute Gasteiger partial charge is 0.265 e. The molecule has 0 bridgehead atoms. The summed E-state index contributed by atoms with van der Waals surface area (Å²) in [6.45, 7) is 1.87. The van der Waals surface area contributed by atoms with Gasteiger partial charge in [-0.1, -0.05) is 72.8 Å². The molecule has 4 aromatic carbocycles. The molecule has 1 aliphatic rings. The highest BCUT2D eigenvalue weighted by Gasteiger charge is 2.51. The van der Waals surface area contributed by atoms with E-state index < -0.39 is 5.41 Å². The molecule has 0 unspecified atom stereocenters. The van der Waals surface area contributed by atoms with Crippen molar-refractivity contribution in [1.82, 2.24) is 0 Å². The lowest BCUT2D eigenvalue weighted by molar-refractivity contribution is -0.124. The first-order valence-corrected chi connectivity index (χ1v) is 12.0. The number of hydrogen-bond acceptors (Lipinski definition) is 4. The van der Waals surface area contributed by atoms with Gasteiger partial charge >= 0.3 is 0 Å². The summed E-state index contributed by atoms with van der Waals surface area (Å²) >= 11 is 0. The molecule has 4 aromatic rings. The number of nitriles is 2. The summed E-state index contributed by atoms with van der Waals surface area (Å²) in [5.41, 5.74) is 3.51. The van der Waals surface area contributed by atoms with Gasteiger partial charge in [0.05, 0.1) is 34.4 Å². The molecule has 0 saturated carbocycles. The largest absolute Gasteiger partial charge is 0.273 e. The van der Waals surface area contributed by atoms with Crippen LogP contribution in [-0.4, -0.2) is 11.8 Å². The predicted molar refractivity (Wildman–Crippen MR) is 141 cm³/mol. The van der Waals surface area contributed by atoms with Crippen molar-refractivity contribution in [2.24, 2.45) is 0 Å². The Hall–Kier alpha value is -5.00. The van der Waals surface area contributed by atoms with E-state index in [2.05, 4.69) is 12.1 Å². The van der Waals surface area contributed by atoms with Crippen molar-refractivity contribution in [3.63, 3.8) is 0 Å². The first-order valence-electron chi connectivity index (χ1n) is 12.0. The number of nitrogens with zero attached hydrogens (tertiary/aromatic N) is 3. The van der Waals surface area contributed by atoms with Gasteiger partial charge in [0.2, 0.25) is 5.91 Å². The van der Waals surface area contributed by atoms with Crippen LogP contribution in [0.3, 0.4) is 0 Å². The highest BCUT2D eigenvalue weighted by Crippen LogP contribution is 2.43. The van der Waals surface area contributed by atoms with E-state index in [1.807, 2.05) is 55.5 Å². The van der Waals surface area contributed by atoms with Gasteiger partial charge in [0, 0.05) is 5.56 Å². The summed E-state index contributed by atoms with van der Waals surface area (Å²) < 4.78 is 0. The normalized spacial score (nSPS) is 14.0. The summed E-state index contributed by atoms with van der Waals surface area (Å²) in [7, 11) is 0. The van der Waals surface area contributed by atoms with Gasteiger partial charge in [-0.3, -0.25) is 9.59 Å². The van der Waals surface area contributed by atoms with Crippen molar-refractivity contribution >= 4 is 17.5 Å². The van der Waals surface area contributed by atoms with E-state index in [9.17, 15) is 20.1 Å². The number of aryl methyl sites for hydroxylation is 1. The van der Waals surface area contributed by atoms with Gasteiger partial charge in [-0.2, -0.15) is 10.5 Å². The number of carbonyl (C=O) groups excluding carboxylic acids is 2. The van der Waals surface area contributed by atoms with E-state index in [1.54, 1.807) is 48.5 Å². The summed E-state index contributed by atoms with van der Waals surface area (Å²) in [5.74, 6) is -0.751. The molecular formula is C32H23N3O2. The predicted octanol–water partition coefficient (Wildman–Crippen LogP) is 5.65. The summed E-state index contributed by atoms with van der Waals surface area (Å²) in [6.07, 6.45) is 0.393. The number of fused-ring (bicyclic) bond motifs is 1. The molecule has 5 nitrogen and oxygen atoms in total. The third-order valence-electron chi connectivity index (χ3n) is 7.11. The van der Waals surface area contributed by atoms with Crippen LogP contribution in [0.15, 0.2) is 97.1 Å². The average molecular weight is 482 g/mol. The number of carbonyl (C=O) groups is 2. The molecule has 5 heteroatoms. The summed E-state index contributed by atoms with van der Waals surface area (Å²) in [5, 5.41) is 19.7. The van der Waals surface area contributed by atoms with E-state index in [0.717, 1.165) is 5.56 Å². The first-order chi connectivity index (χ1) is 18.0. The third-order valence-corrected chi connectivity index (χ3v) is 7.11. The lowest BCUT2D eigenvalue weighted by Crippen LogP contribution is -2.57. The molecule has 178 valence electrons. The van der Waals surface area contributed by atoms with Crippen LogP contribution >= 0.6 is 0 Å². The molecule has 0 N–H and O–H groups in total. The fraction of sp³-hybridized carbons (Fsp3) is 0.125. The van der Waals surface area contributed by atoms with E-state index in [-0.39, 0.29) is 24.7 Å². The van der Waals surface area contributed by atoms with Crippen LogP contribution in [0.1, 0.15) is 43.7 Å². The van der Waals surface area contributed by atoms with Crippen LogP contribution in [0.2, 0.25) is 0 Å². The van der Waals surface area contributed by atoms with Crippen molar-refractivity contribution in [1.29, 1.82) is 10.5 Å². The van der Waals surface area contributed by atoms with Gasteiger partial charge < -0.3 is 0 Å². The zero-order chi connectivity index (χ0) is 26.0. The minimum Gasteiger partial charge on any atom is -0.273 e. The monoisotopic (exact) mass is 481 g/mol. The second-order valence-electron chi connectivity index (χ2n) is 9.25. The Morgan fingerprint density at radius 1 is 0.703 bits per heavy atom. The van der Waals surface area contributed by atoms with Gasteiger partial charge in [0.15, 0.2) is 0 Å². The first kappa shape index (κ1) is 23.7.